The molecule has 3 aromatic carbocycles. The van der Waals surface area contributed by atoms with Crippen molar-refractivity contribution >= 4 is 10.9 Å². The number of ether oxygens (including phenoxy) is 1. The van der Waals surface area contributed by atoms with Gasteiger partial charge >= 0.3 is 0 Å². The molecule has 0 aliphatic heterocycles. The van der Waals surface area contributed by atoms with Crippen LogP contribution in [-0.4, -0.2) is 24.3 Å². The van der Waals surface area contributed by atoms with Crippen molar-refractivity contribution in [1.29, 1.82) is 0 Å². The maximum atomic E-state index is 5.38. The summed E-state index contributed by atoms with van der Waals surface area (Å²) in [6, 6.07) is 25.2. The largest absolute Gasteiger partial charge is 0.497 e. The molecular formula is C29H32N2O. The van der Waals surface area contributed by atoms with Crippen molar-refractivity contribution in [3.63, 3.8) is 0 Å². The first-order valence-corrected chi connectivity index (χ1v) is 11.7. The van der Waals surface area contributed by atoms with E-state index in [-0.39, 0.29) is 0 Å². The predicted molar refractivity (Wildman–Crippen MR) is 134 cm³/mol. The normalized spacial score (nSPS) is 13.6. The van der Waals surface area contributed by atoms with Gasteiger partial charge in [0.15, 0.2) is 0 Å². The molecule has 1 aliphatic carbocycles. The van der Waals surface area contributed by atoms with Crippen molar-refractivity contribution in [2.45, 2.75) is 45.7 Å². The number of hydrogen-bond donors (Lipinski definition) is 1. The van der Waals surface area contributed by atoms with Gasteiger partial charge in [-0.15, -0.1) is 0 Å². The van der Waals surface area contributed by atoms with E-state index in [0.29, 0.717) is 0 Å². The third-order valence-corrected chi connectivity index (χ3v) is 6.62. The molecule has 3 heteroatoms. The highest BCUT2D eigenvalue weighted by Gasteiger charge is 2.19. The number of hydrogen-bond acceptors (Lipinski definition) is 2. The van der Waals surface area contributed by atoms with Crippen LogP contribution in [0, 0.1) is 13.8 Å². The van der Waals surface area contributed by atoms with Crippen LogP contribution in [0.4, 0.5) is 0 Å². The van der Waals surface area contributed by atoms with Crippen LogP contribution in [-0.2, 0) is 13.0 Å². The Morgan fingerprint density at radius 3 is 2.31 bits per heavy atom. The molecule has 1 heterocycles. The molecule has 1 saturated carbocycles. The van der Waals surface area contributed by atoms with E-state index in [4.69, 9.17) is 4.74 Å². The summed E-state index contributed by atoms with van der Waals surface area (Å²) in [7, 11) is 1.71. The van der Waals surface area contributed by atoms with Crippen LogP contribution in [0.15, 0.2) is 66.7 Å². The number of aryl methyl sites for hydroxylation is 2. The lowest BCUT2D eigenvalue weighted by Gasteiger charge is -2.13. The maximum Gasteiger partial charge on any atom is 0.118 e. The molecule has 0 bridgehead atoms. The summed E-state index contributed by atoms with van der Waals surface area (Å²) in [6.45, 7) is 6.34. The number of methoxy groups -OCH3 is 1. The molecule has 4 aromatic rings. The van der Waals surface area contributed by atoms with Crippen molar-refractivity contribution in [1.82, 2.24) is 9.88 Å². The molecule has 3 nitrogen and oxygen atoms in total. The van der Waals surface area contributed by atoms with E-state index in [1.165, 1.54) is 57.3 Å². The monoisotopic (exact) mass is 424 g/mol. The molecule has 5 rings (SSSR count). The smallest absolute Gasteiger partial charge is 0.118 e. The second-order valence-corrected chi connectivity index (χ2v) is 9.10. The fourth-order valence-corrected chi connectivity index (χ4v) is 4.62. The van der Waals surface area contributed by atoms with Gasteiger partial charge in [-0.2, -0.15) is 0 Å². The van der Waals surface area contributed by atoms with E-state index in [2.05, 4.69) is 78.3 Å². The lowest BCUT2D eigenvalue weighted by atomic mass is 10.1. The molecule has 0 saturated heterocycles. The Kier molecular flexibility index (Phi) is 5.75. The predicted octanol–water partition coefficient (Wildman–Crippen LogP) is 6.28. The van der Waals surface area contributed by atoms with E-state index in [0.717, 1.165) is 31.3 Å². The average Bonchev–Trinajstić information content (AvgIpc) is 3.60. The fourth-order valence-electron chi connectivity index (χ4n) is 4.62. The minimum absolute atomic E-state index is 0.777. The third kappa shape index (κ3) is 4.31. The van der Waals surface area contributed by atoms with Crippen LogP contribution in [0.3, 0.4) is 0 Å². The molecule has 0 spiro atoms. The number of nitrogens with one attached hydrogen (secondary N) is 1. The fraction of sp³-hybridized carbons (Fsp3) is 0.310. The van der Waals surface area contributed by atoms with Crippen molar-refractivity contribution in [3.05, 3.63) is 89.0 Å². The minimum Gasteiger partial charge on any atom is -0.497 e. The van der Waals surface area contributed by atoms with Crippen molar-refractivity contribution in [3.8, 4) is 17.0 Å². The second kappa shape index (κ2) is 8.84. The summed E-state index contributed by atoms with van der Waals surface area (Å²) in [4.78, 5) is 0. The zero-order valence-electron chi connectivity index (χ0n) is 19.3. The Morgan fingerprint density at radius 1 is 0.906 bits per heavy atom. The third-order valence-electron chi connectivity index (χ3n) is 6.62. The molecule has 0 radical (unpaired) electrons. The first kappa shape index (κ1) is 20.8. The summed E-state index contributed by atoms with van der Waals surface area (Å²) in [5, 5.41) is 4.94. The maximum absolute atomic E-state index is 5.38. The number of fused-ring (bicyclic) bond motifs is 1. The first-order valence-electron chi connectivity index (χ1n) is 11.7. The summed E-state index contributed by atoms with van der Waals surface area (Å²) in [6.07, 6.45) is 3.79. The van der Waals surface area contributed by atoms with Crippen LogP contribution in [0.5, 0.6) is 5.75 Å². The molecule has 1 aromatic heterocycles. The van der Waals surface area contributed by atoms with E-state index in [1.54, 1.807) is 7.11 Å². The Morgan fingerprint density at radius 2 is 1.62 bits per heavy atom. The molecular weight excluding hydrogens is 392 g/mol. The Labute approximate surface area is 191 Å². The highest BCUT2D eigenvalue weighted by Crippen LogP contribution is 2.35. The quantitative estimate of drug-likeness (QED) is 0.360. The highest BCUT2D eigenvalue weighted by atomic mass is 16.5. The van der Waals surface area contributed by atoms with E-state index >= 15 is 0 Å². The summed E-state index contributed by atoms with van der Waals surface area (Å²) in [5.41, 5.74) is 9.15. The first-order chi connectivity index (χ1) is 15.6. The molecule has 1 fully saturated rings. The molecule has 0 atom stereocenters. The van der Waals surface area contributed by atoms with Gasteiger partial charge in [0, 0.05) is 23.5 Å². The topological polar surface area (TPSA) is 26.2 Å². The van der Waals surface area contributed by atoms with Gasteiger partial charge in [0.25, 0.3) is 0 Å². The van der Waals surface area contributed by atoms with Crippen molar-refractivity contribution < 1.29 is 4.74 Å². The Bertz CT molecular complexity index is 1210. The van der Waals surface area contributed by atoms with Gasteiger partial charge in [-0.1, -0.05) is 35.9 Å². The van der Waals surface area contributed by atoms with Crippen LogP contribution < -0.4 is 10.1 Å². The van der Waals surface area contributed by atoms with E-state index in [9.17, 15) is 0 Å². The average molecular weight is 425 g/mol. The van der Waals surface area contributed by atoms with Crippen LogP contribution in [0.1, 0.15) is 35.1 Å². The van der Waals surface area contributed by atoms with E-state index in [1.807, 2.05) is 12.1 Å². The van der Waals surface area contributed by atoms with Crippen LogP contribution in [0.2, 0.25) is 0 Å². The Balaban J connectivity index is 1.47. The molecule has 1 N–H and O–H groups in total. The molecule has 1 aliphatic rings. The van der Waals surface area contributed by atoms with Gasteiger partial charge in [0.2, 0.25) is 0 Å². The van der Waals surface area contributed by atoms with Gasteiger partial charge in [-0.25, -0.2) is 0 Å². The molecule has 164 valence electrons. The van der Waals surface area contributed by atoms with Gasteiger partial charge in [-0.05, 0) is 98.3 Å². The SMILES string of the molecule is COc1ccc(-c2c(C)c3cc(C)ccc3n2Cc2ccc(CCNC3CC3)cc2)cc1. The standard InChI is InChI=1S/C29H32N2O/c1-20-4-15-28-27(18-20)21(2)29(24-9-13-26(32-3)14-10-24)31(28)19-23-7-5-22(6-8-23)16-17-30-25-11-12-25/h4-10,13-15,18,25,30H,11-12,16-17,19H2,1-3H3. The summed E-state index contributed by atoms with van der Waals surface area (Å²) >= 11 is 0. The zero-order valence-corrected chi connectivity index (χ0v) is 19.3. The van der Waals surface area contributed by atoms with Gasteiger partial charge < -0.3 is 14.6 Å². The van der Waals surface area contributed by atoms with Crippen molar-refractivity contribution in [2.75, 3.05) is 13.7 Å². The number of rotatable bonds is 8. The number of aromatic nitrogens is 1. The van der Waals surface area contributed by atoms with Crippen LogP contribution in [0.25, 0.3) is 22.2 Å². The molecule has 0 unspecified atom stereocenters. The van der Waals surface area contributed by atoms with Crippen molar-refractivity contribution in [2.24, 2.45) is 0 Å². The lowest BCUT2D eigenvalue weighted by Crippen LogP contribution is -2.19. The van der Waals surface area contributed by atoms with Gasteiger partial charge in [0.1, 0.15) is 5.75 Å². The highest BCUT2D eigenvalue weighted by molar-refractivity contribution is 5.92. The van der Waals surface area contributed by atoms with Gasteiger partial charge in [-0.3, -0.25) is 0 Å². The molecule has 0 amide bonds. The summed E-state index contributed by atoms with van der Waals surface area (Å²) < 4.78 is 7.85. The van der Waals surface area contributed by atoms with Crippen LogP contribution >= 0.6 is 0 Å². The zero-order chi connectivity index (χ0) is 22.1. The number of nitrogens with zero attached hydrogens (tertiary/aromatic N) is 1. The second-order valence-electron chi connectivity index (χ2n) is 9.10. The number of benzene rings is 3. The van der Waals surface area contributed by atoms with Gasteiger partial charge in [0.05, 0.1) is 12.8 Å². The summed E-state index contributed by atoms with van der Waals surface area (Å²) in [5.74, 6) is 0.886. The Hall–Kier alpha value is -3.04. The molecule has 32 heavy (non-hydrogen) atoms. The lowest BCUT2D eigenvalue weighted by molar-refractivity contribution is 0.415. The van der Waals surface area contributed by atoms with E-state index < -0.39 is 0 Å². The minimum atomic E-state index is 0.777.